The molecule has 10 nitrogen and oxygen atoms in total. The van der Waals surface area contributed by atoms with E-state index >= 15 is 0 Å². The lowest BCUT2D eigenvalue weighted by Gasteiger charge is -2.04. The van der Waals surface area contributed by atoms with Crippen LogP contribution >= 0.6 is 23.0 Å². The summed E-state index contributed by atoms with van der Waals surface area (Å²) in [5, 5.41) is 0. The highest BCUT2D eigenvalue weighted by Gasteiger charge is 2.14. The van der Waals surface area contributed by atoms with Crippen molar-refractivity contribution in [3.05, 3.63) is 0 Å². The molecule has 0 aliphatic carbocycles. The smallest absolute Gasteiger partial charge is 0.324 e. The molecule has 0 unspecified atom stereocenters. The first-order valence-corrected chi connectivity index (χ1v) is 9.74. The Hall–Kier alpha value is 0.410. The Morgan fingerprint density at radius 3 is 0.944 bits per heavy atom. The Bertz CT molecular complexity index is 316. The van der Waals surface area contributed by atoms with Crippen molar-refractivity contribution in [2.75, 3.05) is 12.3 Å². The van der Waals surface area contributed by atoms with Crippen LogP contribution < -0.4 is 0 Å². The molecule has 0 saturated heterocycles. The van der Waals surface area contributed by atoms with Crippen LogP contribution in [-0.2, 0) is 13.7 Å². The average molecular weight is 330 g/mol. The minimum absolute atomic E-state index is 0.214. The van der Waals surface area contributed by atoms with Gasteiger partial charge >= 0.3 is 23.0 Å². The van der Waals surface area contributed by atoms with Crippen LogP contribution in [0.25, 0.3) is 0 Å². The van der Waals surface area contributed by atoms with Gasteiger partial charge in [0.15, 0.2) is 0 Å². The number of hydrogen-bond donors (Lipinski definition) is 7. The lowest BCUT2D eigenvalue weighted by molar-refractivity contribution is 0.275. The molecule has 0 aromatic carbocycles. The maximum Gasteiger partial charge on any atom is 0.466 e. The third-order valence-electron chi connectivity index (χ3n) is 1.40. The van der Waals surface area contributed by atoms with E-state index in [1.54, 1.807) is 0 Å². The molecule has 0 heterocycles. The van der Waals surface area contributed by atoms with E-state index in [-0.39, 0.29) is 12.3 Å². The van der Waals surface area contributed by atoms with E-state index in [9.17, 15) is 9.13 Å². The van der Waals surface area contributed by atoms with Gasteiger partial charge < -0.3 is 34.3 Å². The first kappa shape index (κ1) is 20.7. The maximum absolute atomic E-state index is 10.3. The second kappa shape index (κ2) is 8.55. The first-order valence-electron chi connectivity index (χ1n) is 4.58. The highest BCUT2D eigenvalue weighted by Crippen LogP contribution is 2.37. The Morgan fingerprint density at radius 1 is 0.556 bits per heavy atom. The van der Waals surface area contributed by atoms with Gasteiger partial charge in [0.1, 0.15) is 0 Å². The molecule has 0 spiro atoms. The molecule has 0 amide bonds. The predicted molar refractivity (Wildman–Crippen MR) is 61.9 cm³/mol. The number of unbranched alkanes of at least 4 members (excludes halogenated alkanes) is 2. The van der Waals surface area contributed by atoms with Crippen LogP contribution in [0, 0.1) is 0 Å². The van der Waals surface area contributed by atoms with Crippen LogP contribution in [-0.4, -0.2) is 46.6 Å². The van der Waals surface area contributed by atoms with Crippen molar-refractivity contribution in [3.63, 3.8) is 0 Å². The lowest BCUT2D eigenvalue weighted by atomic mass is 10.3. The summed E-state index contributed by atoms with van der Waals surface area (Å²) in [5.74, 6) is 0. The van der Waals surface area contributed by atoms with Crippen molar-refractivity contribution >= 4 is 23.0 Å². The van der Waals surface area contributed by atoms with Crippen LogP contribution in [0.1, 0.15) is 19.3 Å². The largest absolute Gasteiger partial charge is 0.466 e. The summed E-state index contributed by atoms with van der Waals surface area (Å²) in [4.78, 5) is 55.3. The van der Waals surface area contributed by atoms with E-state index in [0.717, 1.165) is 0 Å². The summed E-state index contributed by atoms with van der Waals surface area (Å²) < 4.78 is 29.5. The summed E-state index contributed by atoms with van der Waals surface area (Å²) in [6.45, 7) is 0. The van der Waals surface area contributed by atoms with Crippen LogP contribution in [0.3, 0.4) is 0 Å². The SMILES string of the molecule is O=P(O)(O)CCCCCP(=O)(O)O.O=P(O)(O)O. The molecule has 0 aromatic rings. The molecule has 13 heteroatoms. The minimum Gasteiger partial charge on any atom is -0.324 e. The maximum atomic E-state index is 10.3. The summed E-state index contributed by atoms with van der Waals surface area (Å²) in [7, 11) is -12.5. The van der Waals surface area contributed by atoms with Gasteiger partial charge in [0.25, 0.3) is 0 Å². The standard InChI is InChI=1S/C5H14O6P2.H3O4P/c6-12(7,8)4-2-1-3-5-13(9,10)11;1-5(2,3)4/h1-5H2,(H2,6,7,8)(H2,9,10,11);(H3,1,2,3,4). The van der Waals surface area contributed by atoms with Gasteiger partial charge in [-0.2, -0.15) is 0 Å². The summed E-state index contributed by atoms with van der Waals surface area (Å²) in [6, 6.07) is 0. The van der Waals surface area contributed by atoms with Crippen LogP contribution in [0.2, 0.25) is 0 Å². The Kier molecular flexibility index (Phi) is 9.85. The molecule has 0 aliphatic rings. The third-order valence-corrected chi connectivity index (χ3v) is 3.20. The fourth-order valence-electron chi connectivity index (χ4n) is 0.812. The molecule has 0 radical (unpaired) electrons. The van der Waals surface area contributed by atoms with Crippen molar-refractivity contribution in [2.45, 2.75) is 19.3 Å². The number of hydrogen-bond acceptors (Lipinski definition) is 3. The third kappa shape index (κ3) is 36.0. The van der Waals surface area contributed by atoms with Gasteiger partial charge in [-0.3, -0.25) is 9.13 Å². The zero-order valence-corrected chi connectivity index (χ0v) is 11.9. The van der Waals surface area contributed by atoms with Crippen LogP contribution in [0.15, 0.2) is 0 Å². The van der Waals surface area contributed by atoms with Crippen LogP contribution in [0.5, 0.6) is 0 Å². The van der Waals surface area contributed by atoms with Gasteiger partial charge in [0.2, 0.25) is 0 Å². The van der Waals surface area contributed by atoms with Gasteiger partial charge in [-0.15, -0.1) is 0 Å². The predicted octanol–water partition coefficient (Wildman–Crippen LogP) is -0.417. The Morgan fingerprint density at radius 2 is 0.778 bits per heavy atom. The van der Waals surface area contributed by atoms with E-state index in [2.05, 4.69) is 0 Å². The molecule has 0 bridgehead atoms. The van der Waals surface area contributed by atoms with Crippen molar-refractivity contribution in [3.8, 4) is 0 Å². The average Bonchev–Trinajstić information content (AvgIpc) is 1.95. The van der Waals surface area contributed by atoms with E-state index in [1.807, 2.05) is 0 Å². The molecule has 0 rings (SSSR count). The summed E-state index contributed by atoms with van der Waals surface area (Å²) >= 11 is 0. The zero-order valence-electron chi connectivity index (χ0n) is 9.23. The highest BCUT2D eigenvalue weighted by molar-refractivity contribution is 7.52. The monoisotopic (exact) mass is 330 g/mol. The topological polar surface area (TPSA) is 193 Å². The van der Waals surface area contributed by atoms with Crippen LogP contribution in [0.4, 0.5) is 0 Å². The minimum atomic E-state index is -4.64. The second-order valence-electron chi connectivity index (χ2n) is 3.35. The van der Waals surface area contributed by atoms with Gasteiger partial charge in [-0.25, -0.2) is 4.57 Å². The van der Waals surface area contributed by atoms with E-state index < -0.39 is 23.0 Å². The van der Waals surface area contributed by atoms with Gasteiger partial charge in [0.05, 0.1) is 0 Å². The van der Waals surface area contributed by atoms with E-state index in [1.165, 1.54) is 0 Å². The van der Waals surface area contributed by atoms with Crippen molar-refractivity contribution < 1.29 is 47.9 Å². The summed E-state index contributed by atoms with van der Waals surface area (Å²) in [6.07, 6.45) is 0.590. The zero-order chi connectivity index (χ0) is 15.0. The van der Waals surface area contributed by atoms with Gasteiger partial charge in [-0.05, 0) is 12.8 Å². The normalized spacial score (nSPS) is 12.8. The molecule has 112 valence electrons. The number of phosphoric acid groups is 1. The summed E-state index contributed by atoms with van der Waals surface area (Å²) in [5.41, 5.74) is 0. The second-order valence-corrected chi connectivity index (χ2v) is 7.93. The Balaban J connectivity index is 0. The molecular formula is C5H17O10P3. The molecule has 0 fully saturated rings. The van der Waals surface area contributed by atoms with Crippen molar-refractivity contribution in [1.82, 2.24) is 0 Å². The Labute approximate surface area is 103 Å². The van der Waals surface area contributed by atoms with E-state index in [0.29, 0.717) is 19.3 Å². The highest BCUT2D eigenvalue weighted by atomic mass is 31.2. The molecule has 18 heavy (non-hydrogen) atoms. The molecular weight excluding hydrogens is 313 g/mol. The van der Waals surface area contributed by atoms with Gasteiger partial charge in [0, 0.05) is 12.3 Å². The molecule has 0 atom stereocenters. The fraction of sp³-hybridized carbons (Fsp3) is 1.00. The number of rotatable bonds is 6. The molecule has 7 N–H and O–H groups in total. The quantitative estimate of drug-likeness (QED) is 0.248. The fourth-order valence-corrected chi connectivity index (χ4v) is 2.08. The van der Waals surface area contributed by atoms with Gasteiger partial charge in [-0.1, -0.05) is 6.42 Å². The first-order chi connectivity index (χ1) is 7.71. The molecule has 0 saturated carbocycles. The van der Waals surface area contributed by atoms with E-state index in [4.69, 9.17) is 38.8 Å². The van der Waals surface area contributed by atoms with Crippen molar-refractivity contribution in [2.24, 2.45) is 0 Å². The lowest BCUT2D eigenvalue weighted by Crippen LogP contribution is -1.91. The molecule has 0 aromatic heterocycles. The molecule has 0 aliphatic heterocycles. The van der Waals surface area contributed by atoms with Crippen molar-refractivity contribution in [1.29, 1.82) is 0 Å².